The lowest BCUT2D eigenvalue weighted by Gasteiger charge is -2.38. The van der Waals surface area contributed by atoms with Crippen LogP contribution in [0.15, 0.2) is 34.9 Å². The van der Waals surface area contributed by atoms with Gasteiger partial charge in [0.2, 0.25) is 0 Å². The summed E-state index contributed by atoms with van der Waals surface area (Å²) in [5, 5.41) is 15.0. The maximum atomic E-state index is 11.6. The first-order chi connectivity index (χ1) is 19.4. The highest BCUT2D eigenvalue weighted by Gasteiger charge is 2.43. The highest BCUT2D eigenvalue weighted by atomic mass is 32.1. The van der Waals surface area contributed by atoms with Gasteiger partial charge in [-0.05, 0) is 75.6 Å². The van der Waals surface area contributed by atoms with Crippen LogP contribution in [-0.4, -0.2) is 46.5 Å². The summed E-state index contributed by atoms with van der Waals surface area (Å²) in [6, 6.07) is 10.3. The van der Waals surface area contributed by atoms with Crippen LogP contribution in [0.2, 0.25) is 0 Å². The van der Waals surface area contributed by atoms with Crippen molar-refractivity contribution in [3.63, 3.8) is 0 Å². The van der Waals surface area contributed by atoms with Crippen LogP contribution in [0.5, 0.6) is 5.75 Å². The fraction of sp³-hybridized carbons (Fsp3) is 0.452. The molecule has 3 fully saturated rings. The summed E-state index contributed by atoms with van der Waals surface area (Å²) in [4.78, 5) is 19.0. The van der Waals surface area contributed by atoms with E-state index in [2.05, 4.69) is 42.1 Å². The van der Waals surface area contributed by atoms with E-state index in [4.69, 9.17) is 19.0 Å². The predicted octanol–water partition coefficient (Wildman–Crippen LogP) is 6.87. The third-order valence-corrected chi connectivity index (χ3v) is 9.79. The number of piperidine rings is 1. The molecule has 3 atom stereocenters. The number of fused-ring (bicyclic) bond motifs is 3. The number of anilines is 1. The summed E-state index contributed by atoms with van der Waals surface area (Å²) < 4.78 is 18.9. The highest BCUT2D eigenvalue weighted by Crippen LogP contribution is 2.47. The molecule has 1 saturated carbocycles. The lowest BCUT2D eigenvalue weighted by Crippen LogP contribution is -2.45. The Morgan fingerprint density at radius 2 is 1.85 bits per heavy atom. The molecule has 7 rings (SSSR count). The quantitative estimate of drug-likeness (QED) is 0.250. The summed E-state index contributed by atoms with van der Waals surface area (Å²) in [7, 11) is 1.56. The average Bonchev–Trinajstić information content (AvgIpc) is 3.46. The average molecular weight is 560 g/mol. The Morgan fingerprint density at radius 1 is 1.12 bits per heavy atom. The van der Waals surface area contributed by atoms with Crippen LogP contribution in [0.4, 0.5) is 5.13 Å². The van der Waals surface area contributed by atoms with Gasteiger partial charge in [0.1, 0.15) is 22.7 Å². The Hall–Kier alpha value is -3.43. The molecule has 4 aromatic rings. The van der Waals surface area contributed by atoms with Gasteiger partial charge in [-0.1, -0.05) is 34.7 Å². The molecule has 3 aliphatic rings. The molecular formula is C31H33N3O5S. The summed E-state index contributed by atoms with van der Waals surface area (Å²) in [5.41, 5.74) is 6.55. The van der Waals surface area contributed by atoms with Gasteiger partial charge in [-0.15, -0.1) is 0 Å². The lowest BCUT2D eigenvalue weighted by atomic mass is 9.96. The number of benzene rings is 2. The van der Waals surface area contributed by atoms with Gasteiger partial charge < -0.3 is 24.0 Å². The first-order valence-electron chi connectivity index (χ1n) is 14.1. The van der Waals surface area contributed by atoms with E-state index < -0.39 is 5.97 Å². The Kier molecular flexibility index (Phi) is 6.31. The maximum Gasteiger partial charge on any atom is 0.335 e. The normalized spacial score (nSPS) is 22.3. The molecule has 0 spiro atoms. The monoisotopic (exact) mass is 559 g/mol. The Balaban J connectivity index is 1.11. The summed E-state index contributed by atoms with van der Waals surface area (Å²) in [6.45, 7) is 4.77. The summed E-state index contributed by atoms with van der Waals surface area (Å²) in [6.07, 6.45) is 6.54. The molecule has 0 amide bonds. The van der Waals surface area contributed by atoms with E-state index in [0.29, 0.717) is 30.4 Å². The molecule has 2 saturated heterocycles. The third kappa shape index (κ3) is 4.36. The van der Waals surface area contributed by atoms with Crippen LogP contribution in [0.1, 0.15) is 77.3 Å². The molecule has 208 valence electrons. The molecular weight excluding hydrogens is 526 g/mol. The minimum atomic E-state index is -0.966. The number of hydrogen-bond acceptors (Lipinski definition) is 8. The van der Waals surface area contributed by atoms with Crippen molar-refractivity contribution in [2.75, 3.05) is 12.0 Å². The second kappa shape index (κ2) is 9.89. The van der Waals surface area contributed by atoms with E-state index >= 15 is 0 Å². The van der Waals surface area contributed by atoms with Crippen LogP contribution < -0.4 is 9.64 Å². The first kappa shape index (κ1) is 25.5. The van der Waals surface area contributed by atoms with Crippen LogP contribution >= 0.6 is 11.3 Å². The van der Waals surface area contributed by atoms with E-state index in [9.17, 15) is 9.90 Å². The highest BCUT2D eigenvalue weighted by molar-refractivity contribution is 7.22. The van der Waals surface area contributed by atoms with Crippen LogP contribution in [-0.2, 0) is 11.3 Å². The number of thiazole rings is 1. The van der Waals surface area contributed by atoms with Crippen molar-refractivity contribution in [1.82, 2.24) is 10.1 Å². The number of aryl methyl sites for hydroxylation is 2. The molecule has 0 radical (unpaired) electrons. The number of carboxylic acid groups (broad SMARTS) is 1. The number of ether oxygens (including phenoxy) is 2. The molecule has 1 N–H and O–H groups in total. The van der Waals surface area contributed by atoms with Gasteiger partial charge in [-0.25, -0.2) is 9.78 Å². The molecule has 2 aliphatic heterocycles. The minimum Gasteiger partial charge on any atom is -0.494 e. The van der Waals surface area contributed by atoms with Gasteiger partial charge in [0.15, 0.2) is 5.13 Å². The summed E-state index contributed by atoms with van der Waals surface area (Å²) in [5.74, 6) is 0.997. The molecule has 9 heteroatoms. The second-order valence-electron chi connectivity index (χ2n) is 11.4. The van der Waals surface area contributed by atoms with Crippen LogP contribution in [0.25, 0.3) is 21.5 Å². The topological polar surface area (TPSA) is 97.9 Å². The van der Waals surface area contributed by atoms with E-state index in [1.165, 1.54) is 11.1 Å². The van der Waals surface area contributed by atoms with Crippen molar-refractivity contribution >= 4 is 32.7 Å². The Bertz CT molecular complexity index is 1570. The lowest BCUT2D eigenvalue weighted by molar-refractivity contribution is 0.0147. The van der Waals surface area contributed by atoms with Crippen molar-refractivity contribution in [3.8, 4) is 17.0 Å². The molecule has 2 bridgehead atoms. The van der Waals surface area contributed by atoms with Crippen molar-refractivity contribution in [1.29, 1.82) is 0 Å². The number of aromatic nitrogens is 2. The Morgan fingerprint density at radius 3 is 2.50 bits per heavy atom. The van der Waals surface area contributed by atoms with Crippen molar-refractivity contribution < 1.29 is 23.9 Å². The second-order valence-corrected chi connectivity index (χ2v) is 12.4. The van der Waals surface area contributed by atoms with Crippen LogP contribution in [0.3, 0.4) is 0 Å². The van der Waals surface area contributed by atoms with Gasteiger partial charge in [-0.2, -0.15) is 0 Å². The number of nitrogens with zero attached hydrogens (tertiary/aromatic N) is 3. The van der Waals surface area contributed by atoms with Gasteiger partial charge in [0.05, 0.1) is 30.1 Å². The fourth-order valence-corrected chi connectivity index (χ4v) is 7.83. The number of aromatic carboxylic acids is 1. The molecule has 2 aromatic heterocycles. The largest absolute Gasteiger partial charge is 0.494 e. The number of methoxy groups -OCH3 is 1. The minimum absolute atomic E-state index is 0.157. The van der Waals surface area contributed by atoms with Gasteiger partial charge in [0.25, 0.3) is 0 Å². The van der Waals surface area contributed by atoms with Gasteiger partial charge >= 0.3 is 5.97 Å². The first-order valence-corrected chi connectivity index (χ1v) is 14.9. The molecule has 8 nitrogen and oxygen atoms in total. The van der Waals surface area contributed by atoms with Crippen LogP contribution in [0, 0.1) is 13.8 Å². The smallest absolute Gasteiger partial charge is 0.335 e. The molecule has 2 aromatic carbocycles. The number of rotatable bonds is 8. The molecule has 1 unspecified atom stereocenters. The number of hydrogen-bond donors (Lipinski definition) is 1. The Labute approximate surface area is 236 Å². The fourth-order valence-electron chi connectivity index (χ4n) is 6.67. The zero-order valence-corrected chi connectivity index (χ0v) is 23.8. The zero-order chi connectivity index (χ0) is 27.5. The van der Waals surface area contributed by atoms with Gasteiger partial charge in [-0.3, -0.25) is 0 Å². The predicted molar refractivity (Wildman–Crippen MR) is 154 cm³/mol. The van der Waals surface area contributed by atoms with Crippen molar-refractivity contribution in [3.05, 3.63) is 58.3 Å². The zero-order valence-electron chi connectivity index (χ0n) is 23.0. The van der Waals surface area contributed by atoms with Crippen molar-refractivity contribution in [2.24, 2.45) is 0 Å². The van der Waals surface area contributed by atoms with E-state index in [1.807, 2.05) is 0 Å². The van der Waals surface area contributed by atoms with E-state index in [0.717, 1.165) is 76.5 Å². The molecule has 4 heterocycles. The molecule has 40 heavy (non-hydrogen) atoms. The van der Waals surface area contributed by atoms with Gasteiger partial charge in [0, 0.05) is 29.1 Å². The number of carboxylic acids is 1. The van der Waals surface area contributed by atoms with Crippen molar-refractivity contribution in [2.45, 2.75) is 83.1 Å². The van der Waals surface area contributed by atoms with E-state index in [-0.39, 0.29) is 11.7 Å². The summed E-state index contributed by atoms with van der Waals surface area (Å²) >= 11 is 1.55. The molecule has 1 aliphatic carbocycles. The SMILES string of the molecule is COc1cc(C(=O)O)cc2sc(N3[C@@H]4CC[C@H]3CC(OCc3c(-c5c(C)cccc5C)noc3C3CC3)C4)nc12. The van der Waals surface area contributed by atoms with E-state index in [1.54, 1.807) is 30.6 Å². The number of carbonyl (C=O) groups is 1. The maximum absolute atomic E-state index is 11.6. The standard InChI is InChI=1S/C31H33N3O5S/c1-16-5-4-6-17(2)26(16)27-23(29(39-33-27)18-7-8-18)15-38-22-13-20-9-10-21(14-22)34(20)31-32-28-24(37-3)11-19(30(35)36)12-25(28)40-31/h4-6,11-12,18,20-22H,7-10,13-15H2,1-3H3,(H,35,36)/t20-,21+,22?. The third-order valence-electron chi connectivity index (χ3n) is 8.77.